The van der Waals surface area contributed by atoms with Gasteiger partial charge in [-0.15, -0.1) is 0 Å². The highest BCUT2D eigenvalue weighted by molar-refractivity contribution is 5.14. The van der Waals surface area contributed by atoms with E-state index < -0.39 is 0 Å². The Labute approximate surface area is 90.2 Å². The quantitative estimate of drug-likeness (QED) is 0.825. The van der Waals surface area contributed by atoms with Crippen molar-refractivity contribution in [2.45, 2.75) is 51.5 Å². The molecule has 1 aromatic rings. The van der Waals surface area contributed by atoms with Crippen LogP contribution in [0.5, 0.6) is 0 Å². The van der Waals surface area contributed by atoms with Gasteiger partial charge in [-0.3, -0.25) is 0 Å². The molecular formula is C11H19N3O. The molecule has 1 atom stereocenters. The van der Waals surface area contributed by atoms with Crippen LogP contribution < -0.4 is 5.73 Å². The summed E-state index contributed by atoms with van der Waals surface area (Å²) in [6, 6.07) is -0.117. The largest absolute Gasteiger partial charge is 0.338 e. The Morgan fingerprint density at radius 2 is 2.13 bits per heavy atom. The predicted molar refractivity (Wildman–Crippen MR) is 57.3 cm³/mol. The zero-order valence-corrected chi connectivity index (χ0v) is 9.66. The topological polar surface area (TPSA) is 64.9 Å². The predicted octanol–water partition coefficient (Wildman–Crippen LogP) is 2.17. The summed E-state index contributed by atoms with van der Waals surface area (Å²) in [5, 5.41) is 4.01. The Morgan fingerprint density at radius 3 is 2.67 bits per heavy atom. The molecule has 0 bridgehead atoms. The van der Waals surface area contributed by atoms with Gasteiger partial charge in [-0.2, -0.15) is 4.98 Å². The lowest BCUT2D eigenvalue weighted by Gasteiger charge is -2.08. The van der Waals surface area contributed by atoms with E-state index in [-0.39, 0.29) is 11.5 Å². The summed E-state index contributed by atoms with van der Waals surface area (Å²) in [4.78, 5) is 4.39. The van der Waals surface area contributed by atoms with E-state index in [1.165, 1.54) is 0 Å². The third-order valence-electron chi connectivity index (χ3n) is 3.02. The van der Waals surface area contributed by atoms with Crippen molar-refractivity contribution in [1.29, 1.82) is 0 Å². The van der Waals surface area contributed by atoms with Crippen LogP contribution >= 0.6 is 0 Å². The highest BCUT2D eigenvalue weighted by Gasteiger charge is 2.43. The zero-order valence-electron chi connectivity index (χ0n) is 9.66. The Hall–Kier alpha value is -0.900. The molecule has 1 aromatic heterocycles. The third kappa shape index (κ3) is 2.20. The van der Waals surface area contributed by atoms with Gasteiger partial charge in [0.15, 0.2) is 5.82 Å². The van der Waals surface area contributed by atoms with Crippen LogP contribution in [-0.2, 0) is 5.41 Å². The first-order valence-corrected chi connectivity index (χ1v) is 5.61. The molecule has 2 rings (SSSR count). The van der Waals surface area contributed by atoms with E-state index >= 15 is 0 Å². The fourth-order valence-corrected chi connectivity index (χ4v) is 1.65. The third-order valence-corrected chi connectivity index (χ3v) is 3.02. The highest BCUT2D eigenvalue weighted by atomic mass is 16.5. The summed E-state index contributed by atoms with van der Waals surface area (Å²) >= 11 is 0. The lowest BCUT2D eigenvalue weighted by molar-refractivity contribution is 0.330. The van der Waals surface area contributed by atoms with Crippen molar-refractivity contribution in [2.24, 2.45) is 11.7 Å². The summed E-state index contributed by atoms with van der Waals surface area (Å²) in [5.74, 6) is 1.97. The molecule has 1 aliphatic rings. The lowest BCUT2D eigenvalue weighted by Crippen LogP contribution is -2.13. The van der Waals surface area contributed by atoms with E-state index in [2.05, 4.69) is 30.9 Å². The molecule has 0 aromatic carbocycles. The second-order valence-corrected chi connectivity index (χ2v) is 5.25. The molecular weight excluding hydrogens is 190 g/mol. The molecule has 4 heteroatoms. The smallest absolute Gasteiger partial charge is 0.243 e. The minimum Gasteiger partial charge on any atom is -0.338 e. The maximum Gasteiger partial charge on any atom is 0.243 e. The average Bonchev–Trinajstić information content (AvgIpc) is 2.72. The van der Waals surface area contributed by atoms with Crippen LogP contribution in [0.25, 0.3) is 0 Å². The SMILES string of the molecule is CC(C)C[C@H](N)c1nc(C2(C)CC2)no1. The summed E-state index contributed by atoms with van der Waals surface area (Å²) in [6.45, 7) is 6.44. The number of rotatable bonds is 4. The Bertz CT molecular complexity index is 341. The van der Waals surface area contributed by atoms with E-state index in [0.717, 1.165) is 25.1 Å². The summed E-state index contributed by atoms with van der Waals surface area (Å²) in [7, 11) is 0. The molecule has 1 fully saturated rings. The molecule has 2 N–H and O–H groups in total. The standard InChI is InChI=1S/C11H19N3O/c1-7(2)6-8(12)9-13-10(14-15-9)11(3)4-5-11/h7-8H,4-6,12H2,1-3H3/t8-/m0/s1. The van der Waals surface area contributed by atoms with Crippen molar-refractivity contribution in [3.05, 3.63) is 11.7 Å². The molecule has 0 aliphatic heterocycles. The van der Waals surface area contributed by atoms with E-state index in [1.54, 1.807) is 0 Å². The van der Waals surface area contributed by atoms with Crippen molar-refractivity contribution in [2.75, 3.05) is 0 Å². The van der Waals surface area contributed by atoms with E-state index in [0.29, 0.717) is 11.8 Å². The number of nitrogens with zero attached hydrogens (tertiary/aromatic N) is 2. The van der Waals surface area contributed by atoms with Gasteiger partial charge in [0.2, 0.25) is 5.89 Å². The van der Waals surface area contributed by atoms with Crippen LogP contribution in [0.4, 0.5) is 0 Å². The van der Waals surface area contributed by atoms with Crippen LogP contribution in [0.15, 0.2) is 4.52 Å². The molecule has 4 nitrogen and oxygen atoms in total. The van der Waals surface area contributed by atoms with Crippen LogP contribution in [0.1, 0.15) is 57.8 Å². The van der Waals surface area contributed by atoms with Crippen LogP contribution in [0.2, 0.25) is 0 Å². The number of hydrogen-bond donors (Lipinski definition) is 1. The van der Waals surface area contributed by atoms with E-state index in [9.17, 15) is 0 Å². The summed E-state index contributed by atoms with van der Waals surface area (Å²) in [5.41, 5.74) is 6.14. The van der Waals surface area contributed by atoms with Gasteiger partial charge in [-0.1, -0.05) is 25.9 Å². The van der Waals surface area contributed by atoms with Gasteiger partial charge in [0.25, 0.3) is 0 Å². The van der Waals surface area contributed by atoms with Crippen LogP contribution in [-0.4, -0.2) is 10.1 Å². The first-order valence-electron chi connectivity index (χ1n) is 5.61. The fraction of sp³-hybridized carbons (Fsp3) is 0.818. The maximum absolute atomic E-state index is 5.98. The number of aromatic nitrogens is 2. The van der Waals surface area contributed by atoms with Gasteiger partial charge in [-0.25, -0.2) is 0 Å². The molecule has 0 spiro atoms. The minimum absolute atomic E-state index is 0.117. The average molecular weight is 209 g/mol. The molecule has 1 saturated carbocycles. The molecule has 0 unspecified atom stereocenters. The summed E-state index contributed by atoms with van der Waals surface area (Å²) in [6.07, 6.45) is 3.20. The van der Waals surface area contributed by atoms with Crippen LogP contribution in [0.3, 0.4) is 0 Å². The van der Waals surface area contributed by atoms with Gasteiger partial charge in [0.05, 0.1) is 6.04 Å². The molecule has 0 amide bonds. The second-order valence-electron chi connectivity index (χ2n) is 5.25. The Morgan fingerprint density at radius 1 is 1.47 bits per heavy atom. The monoisotopic (exact) mass is 209 g/mol. The van der Waals surface area contributed by atoms with Crippen molar-refractivity contribution in [1.82, 2.24) is 10.1 Å². The Balaban J connectivity index is 2.06. The van der Waals surface area contributed by atoms with Gasteiger partial charge in [-0.05, 0) is 25.2 Å². The van der Waals surface area contributed by atoms with Crippen molar-refractivity contribution in [3.8, 4) is 0 Å². The van der Waals surface area contributed by atoms with Gasteiger partial charge >= 0.3 is 0 Å². The van der Waals surface area contributed by atoms with Crippen molar-refractivity contribution < 1.29 is 4.52 Å². The van der Waals surface area contributed by atoms with Gasteiger partial charge in [0, 0.05) is 5.41 Å². The molecule has 0 saturated heterocycles. The number of nitrogens with two attached hydrogens (primary N) is 1. The highest BCUT2D eigenvalue weighted by Crippen LogP contribution is 2.46. The van der Waals surface area contributed by atoms with Crippen LogP contribution in [0, 0.1) is 5.92 Å². The first-order chi connectivity index (χ1) is 7.01. The maximum atomic E-state index is 5.98. The summed E-state index contributed by atoms with van der Waals surface area (Å²) < 4.78 is 5.21. The van der Waals surface area contributed by atoms with E-state index in [4.69, 9.17) is 10.3 Å². The van der Waals surface area contributed by atoms with E-state index in [1.807, 2.05) is 0 Å². The van der Waals surface area contributed by atoms with Gasteiger partial charge < -0.3 is 10.3 Å². The van der Waals surface area contributed by atoms with Gasteiger partial charge in [0.1, 0.15) is 0 Å². The molecule has 15 heavy (non-hydrogen) atoms. The minimum atomic E-state index is -0.117. The molecule has 1 heterocycles. The fourth-order valence-electron chi connectivity index (χ4n) is 1.65. The van der Waals surface area contributed by atoms with Crippen molar-refractivity contribution in [3.63, 3.8) is 0 Å². The Kier molecular flexibility index (Phi) is 2.54. The molecule has 84 valence electrons. The zero-order chi connectivity index (χ0) is 11.1. The lowest BCUT2D eigenvalue weighted by atomic mass is 10.0. The normalized spacial score (nSPS) is 20.6. The first kappa shape index (κ1) is 10.6. The molecule has 0 radical (unpaired) electrons. The second kappa shape index (κ2) is 3.59. The molecule has 1 aliphatic carbocycles. The number of hydrogen-bond acceptors (Lipinski definition) is 4. The van der Waals surface area contributed by atoms with Crippen molar-refractivity contribution >= 4 is 0 Å².